The van der Waals surface area contributed by atoms with Crippen LogP contribution in [0.15, 0.2) is 78.4 Å². The van der Waals surface area contributed by atoms with Crippen molar-refractivity contribution in [1.29, 1.82) is 0 Å². The van der Waals surface area contributed by atoms with Crippen LogP contribution >= 0.6 is 87.9 Å². The zero-order valence-electron chi connectivity index (χ0n) is 66.5. The summed E-state index contributed by atoms with van der Waals surface area (Å²) in [5, 5.41) is 69.7. The smallest absolute Gasteiger partial charge is 0.386 e. The normalized spacial score (nSPS) is 38.9. The average molecular weight is 2140 g/mol. The Morgan fingerprint density at radius 1 is 0.496 bits per heavy atom. The minimum Gasteiger partial charge on any atom is -0.400 e. The van der Waals surface area contributed by atoms with Gasteiger partial charge in [0.05, 0.1) is 133 Å². The van der Waals surface area contributed by atoms with Crippen molar-refractivity contribution in [3.05, 3.63) is 91.1 Å². The molecule has 716 valence electrons. The van der Waals surface area contributed by atoms with E-state index in [1.165, 1.54) is 41.7 Å². The molecule has 10 aromatic heterocycles. The number of nitrogens with zero attached hydrogens (tertiary/aromatic N) is 22. The number of hydrogen-bond acceptors (Lipinski definition) is 53. The van der Waals surface area contributed by atoms with Crippen molar-refractivity contribution >= 4 is 227 Å². The molecule has 30 atom stereocenters. The van der Waals surface area contributed by atoms with Gasteiger partial charge in [0.25, 0.3) is 16.7 Å². The number of aliphatic imine (C=N–C) groups is 1. The third kappa shape index (κ3) is 19.3. The van der Waals surface area contributed by atoms with E-state index in [1.54, 1.807) is 30.6 Å². The van der Waals surface area contributed by atoms with Crippen LogP contribution in [0.25, 0.3) is 44.8 Å². The van der Waals surface area contributed by atoms with Gasteiger partial charge in [-0.1, -0.05) is 33.1 Å². The number of anilines is 5. The van der Waals surface area contributed by atoms with Crippen molar-refractivity contribution in [2.75, 3.05) is 68.3 Å². The van der Waals surface area contributed by atoms with Crippen molar-refractivity contribution < 1.29 is 117 Å². The Bertz CT molecular complexity index is 6570. The highest BCUT2D eigenvalue weighted by atomic mass is 32.7. The van der Waals surface area contributed by atoms with Gasteiger partial charge in [-0.25, -0.2) is 47.0 Å². The second-order valence-corrected chi connectivity index (χ2v) is 51.3. The number of allylic oxidation sites excluding steroid dienone is 1. The second kappa shape index (κ2) is 37.0. The van der Waals surface area contributed by atoms with Gasteiger partial charge in [-0.3, -0.25) is 56.9 Å². The summed E-state index contributed by atoms with van der Waals surface area (Å²) in [7, 11) is 0. The first kappa shape index (κ1) is 95.5. The number of alkyl halides is 1. The standard InChI is InChI=1S/2C20H24N10O9P2S3.C19H24FN11O9P2S3/c2*21-7-1-2-24-29-8(4-23-16(7)29)9-3-10-11(37-9)5-35-41(34,43)39-15-14(31)12(6-36-40(33,42)38-10)44-19(15)30-17-13(27-28-30)18(32)26-20(22)25-17;20-8-12-6(38-17(8)30-14-9(26-28-30)5(21)1-2-23-14)3-36-41(34,43)40-13-11(32)7(4-37-42(35,44)39-12)45-18(13)31-15-10(27-29-31)16(33)25-19(22)24-15/h2*1-2,4,9-12,14-15,19,31H,3,5-6,21H2,(H,33,42)(H,34,43)(H3,22,25,26,32);1-2,6-9,11-14,17-18,32H,3-4,21H2,(H,34,43)(H,35,44)(H3,22,24,25,33)/t2*9-,10+,11-,12-,14-,15-,19-,40?,41?;6-,7-,8+,9?,11-,12-,13-,14?,17-,18-,41?,42?/m111/s1. The van der Waals surface area contributed by atoms with Crippen LogP contribution in [0.4, 0.5) is 33.6 Å². The maximum atomic E-state index is 16.0. The van der Waals surface area contributed by atoms with E-state index < -0.39 is 212 Å². The van der Waals surface area contributed by atoms with Gasteiger partial charge < -0.3 is 120 Å². The summed E-state index contributed by atoms with van der Waals surface area (Å²) in [6.45, 7) is -26.9. The molecule has 11 aliphatic heterocycles. The number of aliphatic hydroxyl groups is 3. The molecule has 21 rings (SSSR count). The molecule has 74 heteroatoms. The third-order valence-electron chi connectivity index (χ3n) is 21.9. The fourth-order valence-corrected chi connectivity index (χ4v) is 29.5. The first-order valence-electron chi connectivity index (χ1n) is 38.8. The summed E-state index contributed by atoms with van der Waals surface area (Å²) in [4.78, 5) is 125. The van der Waals surface area contributed by atoms with Crippen LogP contribution in [0.5, 0.6) is 0 Å². The summed E-state index contributed by atoms with van der Waals surface area (Å²) in [6.07, 6.45) is -10.4. The van der Waals surface area contributed by atoms with E-state index in [-0.39, 0.29) is 90.6 Å². The molecule has 0 aliphatic carbocycles. The van der Waals surface area contributed by atoms with Gasteiger partial charge in [-0.05, 0) is 77.2 Å². The SMILES string of the molecule is NC1=CC=NC2C1N=NN2[C@@H]1O[C@@H]2COP(O)(=S)O[C@@H]3[C@H](O)[C@@H](COP(=O)(S)O[C@H]2[C@@H]1F)S[C@H]3n1nnc2c(=O)[nH]c(N)nc21.Nc1nc2c(nnn2[C@@H]2S[C@@H]3COP(O)(=S)O[C@H]4C[C@H](c5cnc6c(N)ccnn56)O[C@@H]4COP(O)(=S)O[C@@H]2[C@@H]3O)c(=O)[nH]1.Nc1nc2c(nnn2[C@@H]2S[C@@H]3COP(O)(=S)O[C@H]4C[C@H](c5cnc6c(N)ccnn56)O[C@@H]4COP(O)(=S)O[C@@H]2[C@@H]3O)c(=O)[nH]1. The minimum atomic E-state index is -4.35. The zero-order valence-corrected chi connectivity index (χ0v) is 79.3. The molecule has 0 aromatic carbocycles. The Hall–Kier alpha value is -6.42. The summed E-state index contributed by atoms with van der Waals surface area (Å²) in [5.74, 6) is -0.592. The Labute approximate surface area is 783 Å². The Morgan fingerprint density at radius 2 is 0.880 bits per heavy atom. The monoisotopic (exact) mass is 2140 g/mol. The van der Waals surface area contributed by atoms with Gasteiger partial charge in [-0.2, -0.15) is 30.3 Å². The number of thioether (sulfide) groups is 3. The van der Waals surface area contributed by atoms with E-state index in [0.29, 0.717) is 39.8 Å². The molecule has 0 radical (unpaired) electrons. The van der Waals surface area contributed by atoms with Crippen molar-refractivity contribution in [3.8, 4) is 0 Å². The molecule has 9 saturated heterocycles. The summed E-state index contributed by atoms with van der Waals surface area (Å²) < 4.78 is 123. The average Bonchev–Trinajstić information content (AvgIpc) is 1.61. The maximum Gasteiger partial charge on any atom is 0.386 e. The number of ether oxygens (including phenoxy) is 3. The molecular weight excluding hydrogens is 2070 g/mol. The number of nitrogens with two attached hydrogens (primary N) is 6. The predicted octanol–water partition coefficient (Wildman–Crippen LogP) is -1.53. The number of fused-ring (bicyclic) bond motifs is 15. The number of nitrogens with one attached hydrogen (secondary N) is 3. The lowest BCUT2D eigenvalue weighted by atomic mass is 10.1. The molecule has 23 N–H and O–H groups in total. The van der Waals surface area contributed by atoms with E-state index in [2.05, 4.69) is 109 Å². The van der Waals surface area contributed by atoms with Crippen LogP contribution < -0.4 is 51.1 Å². The number of imidazole rings is 2. The maximum absolute atomic E-state index is 16.0. The fourth-order valence-electron chi connectivity index (χ4n) is 15.8. The zero-order chi connectivity index (χ0) is 93.8. The predicted molar refractivity (Wildman–Crippen MR) is 482 cm³/mol. The molecule has 8 unspecified atom stereocenters. The van der Waals surface area contributed by atoms with Crippen molar-refractivity contribution in [3.63, 3.8) is 0 Å². The number of hydrogen-bond donors (Lipinski definition) is 18. The number of thiol groups is 1. The summed E-state index contributed by atoms with van der Waals surface area (Å²) in [5.41, 5.74) is 36.1. The number of dihydropyridines is 1. The number of aromatic amines is 3. The number of H-pyrrole nitrogens is 3. The van der Waals surface area contributed by atoms with Crippen LogP contribution in [0.2, 0.25) is 0 Å². The quantitative estimate of drug-likeness (QED) is 0.0663. The fraction of sp³-hybridized carbons (Fsp3) is 0.542. The molecule has 11 aliphatic rings. The van der Waals surface area contributed by atoms with Crippen LogP contribution in [0.1, 0.15) is 52.6 Å². The first-order valence-corrected chi connectivity index (χ1v) is 57.3. The highest BCUT2D eigenvalue weighted by molar-refractivity contribution is 8.44. The first-order chi connectivity index (χ1) is 63.1. The van der Waals surface area contributed by atoms with Crippen molar-refractivity contribution in [1.82, 2.24) is 109 Å². The van der Waals surface area contributed by atoms with E-state index >= 15 is 4.39 Å². The van der Waals surface area contributed by atoms with Crippen molar-refractivity contribution in [2.24, 2.45) is 21.1 Å². The highest BCUT2D eigenvalue weighted by Gasteiger charge is 2.59. The molecule has 9 fully saturated rings. The Balaban J connectivity index is 0.000000129. The number of nitrogen functional groups attached to an aromatic ring is 5. The Kier molecular flexibility index (Phi) is 26.6. The highest BCUT2D eigenvalue weighted by Crippen LogP contribution is 2.63. The number of aliphatic hydroxyl groups excluding tert-OH is 3. The van der Waals surface area contributed by atoms with E-state index in [1.807, 2.05) is 0 Å². The van der Waals surface area contributed by atoms with Gasteiger partial charge in [0.1, 0.15) is 71.1 Å². The lowest BCUT2D eigenvalue weighted by Gasteiger charge is -2.29. The van der Waals surface area contributed by atoms with Gasteiger partial charge in [-0.15, -0.1) is 50.6 Å². The molecule has 10 aromatic rings. The number of aromatic nitrogens is 21. The van der Waals surface area contributed by atoms with Crippen LogP contribution in [0, 0.1) is 0 Å². The van der Waals surface area contributed by atoms with E-state index in [0.717, 1.165) is 40.3 Å². The topological polar surface area (TPSA) is 804 Å². The number of halogens is 1. The van der Waals surface area contributed by atoms with E-state index in [9.17, 15) is 58.7 Å². The van der Waals surface area contributed by atoms with Crippen LogP contribution in [0.3, 0.4) is 0 Å². The molecule has 0 amide bonds. The molecule has 6 bridgehead atoms. The van der Waals surface area contributed by atoms with Crippen LogP contribution in [-0.2, 0) is 132 Å². The molecular formula is C59H72FN31O27P6S9. The minimum absolute atomic E-state index is 0.00637. The molecule has 21 heterocycles. The molecule has 58 nitrogen and oxygen atoms in total. The summed E-state index contributed by atoms with van der Waals surface area (Å²) in [6, 6.07) is 2.56. The molecule has 0 spiro atoms. The molecule has 133 heavy (non-hydrogen) atoms. The second-order valence-electron chi connectivity index (χ2n) is 30.4. The number of rotatable bonds is 6. The van der Waals surface area contributed by atoms with Gasteiger partial charge in [0.2, 0.25) is 17.8 Å². The van der Waals surface area contributed by atoms with Gasteiger partial charge >= 0.3 is 40.4 Å². The largest absolute Gasteiger partial charge is 0.400 e. The lowest BCUT2D eigenvalue weighted by Crippen LogP contribution is -2.47. The lowest BCUT2D eigenvalue weighted by molar-refractivity contribution is -0.0958. The Morgan fingerprint density at radius 3 is 1.29 bits per heavy atom. The molecule has 0 saturated carbocycles. The van der Waals surface area contributed by atoms with Gasteiger partial charge in [0.15, 0.2) is 69.4 Å². The van der Waals surface area contributed by atoms with Gasteiger partial charge in [0, 0.05) is 24.8 Å². The summed E-state index contributed by atoms with van der Waals surface area (Å²) >= 11 is 33.7. The van der Waals surface area contributed by atoms with Crippen molar-refractivity contribution in [2.45, 2.75) is 155 Å². The third-order valence-corrected chi connectivity index (χ3v) is 35.9. The van der Waals surface area contributed by atoms with E-state index in [4.69, 9.17) is 162 Å². The van der Waals surface area contributed by atoms with Crippen LogP contribution in [-0.4, -0.2) is 308 Å².